The Labute approximate surface area is 123 Å². The molecule has 1 unspecified atom stereocenters. The highest BCUT2D eigenvalue weighted by atomic mass is 16.5. The van der Waals surface area contributed by atoms with Gasteiger partial charge in [-0.25, -0.2) is 9.97 Å². The fraction of sp³-hybridized carbons (Fsp3) is 0.462. The molecule has 0 aromatic carbocycles. The first-order valence-corrected chi connectivity index (χ1v) is 7.03. The summed E-state index contributed by atoms with van der Waals surface area (Å²) in [4.78, 5) is 22.6. The van der Waals surface area contributed by atoms with Gasteiger partial charge in [-0.3, -0.25) is 9.20 Å². The summed E-state index contributed by atoms with van der Waals surface area (Å²) in [6.45, 7) is 1.49. The van der Waals surface area contributed by atoms with Crippen molar-refractivity contribution in [3.8, 4) is 0 Å². The number of anilines is 2. The molecule has 0 radical (unpaired) electrons. The van der Waals surface area contributed by atoms with Crippen molar-refractivity contribution < 1.29 is 9.53 Å². The van der Waals surface area contributed by atoms with E-state index in [1.54, 1.807) is 6.20 Å². The summed E-state index contributed by atoms with van der Waals surface area (Å²) in [6, 6.07) is 0. The number of ether oxygens (including phenoxy) is 1. The first-order chi connectivity index (χ1) is 10.1. The number of esters is 1. The molecule has 2 N–H and O–H groups in total. The van der Waals surface area contributed by atoms with Crippen LogP contribution in [0.3, 0.4) is 0 Å². The van der Waals surface area contributed by atoms with Crippen molar-refractivity contribution in [2.45, 2.75) is 12.8 Å². The van der Waals surface area contributed by atoms with Crippen molar-refractivity contribution in [1.82, 2.24) is 14.4 Å². The Hall–Kier alpha value is -2.25. The lowest BCUT2D eigenvalue weighted by molar-refractivity contribution is -0.145. The van der Waals surface area contributed by atoms with Crippen molar-refractivity contribution in [1.29, 1.82) is 0 Å². The Kier molecular flexibility index (Phi) is 3.44. The second kappa shape index (κ2) is 5.27. The molecule has 3 heterocycles. The largest absolute Gasteiger partial charge is 0.469 e. The van der Waals surface area contributed by atoms with Crippen LogP contribution in [0.4, 0.5) is 11.8 Å². The van der Waals surface area contributed by atoms with Crippen LogP contribution in [0.5, 0.6) is 0 Å². The summed E-state index contributed by atoms with van der Waals surface area (Å²) in [5.41, 5.74) is 7.60. The fourth-order valence-corrected chi connectivity index (χ4v) is 2.96. The predicted molar refractivity (Wildman–Crippen MR) is 82.5 cm³/mol. The first-order valence-electron chi connectivity index (χ1n) is 7.03. The molecule has 1 aliphatic rings. The summed E-state index contributed by atoms with van der Waals surface area (Å²) in [6.07, 6.45) is 5.31. The summed E-state index contributed by atoms with van der Waals surface area (Å²) < 4.78 is 6.80. The SMILES string of the molecule is Bc1nc(N2CCCC(C(=O)OC)C2)n2ccnc(N)c12. The number of rotatable bonds is 2. The molecular formula is C13H18BN5O2. The lowest BCUT2D eigenvalue weighted by Gasteiger charge is -2.31. The normalized spacial score (nSPS) is 18.9. The van der Waals surface area contributed by atoms with Crippen molar-refractivity contribution in [3.05, 3.63) is 12.4 Å². The second-order valence-electron chi connectivity index (χ2n) is 5.34. The topological polar surface area (TPSA) is 85.8 Å². The van der Waals surface area contributed by atoms with Crippen LogP contribution in [-0.4, -0.2) is 48.4 Å². The minimum atomic E-state index is -0.154. The molecule has 3 rings (SSSR count). The highest BCUT2D eigenvalue weighted by Gasteiger charge is 2.28. The number of piperidine rings is 1. The van der Waals surface area contributed by atoms with Gasteiger partial charge >= 0.3 is 5.97 Å². The lowest BCUT2D eigenvalue weighted by Crippen LogP contribution is -2.40. The maximum atomic E-state index is 11.8. The molecule has 8 heteroatoms. The van der Waals surface area contributed by atoms with Gasteiger partial charge in [0, 0.05) is 31.1 Å². The van der Waals surface area contributed by atoms with E-state index in [4.69, 9.17) is 10.5 Å². The van der Waals surface area contributed by atoms with Crippen LogP contribution >= 0.6 is 0 Å². The molecule has 2 aromatic rings. The third kappa shape index (κ3) is 2.30. The summed E-state index contributed by atoms with van der Waals surface area (Å²) in [5, 5.41) is 0. The number of imidazole rings is 1. The summed E-state index contributed by atoms with van der Waals surface area (Å²) in [5.74, 6) is 1.02. The smallest absolute Gasteiger partial charge is 0.310 e. The van der Waals surface area contributed by atoms with E-state index >= 15 is 0 Å². The van der Waals surface area contributed by atoms with Crippen LogP contribution in [0.15, 0.2) is 12.4 Å². The zero-order valence-electron chi connectivity index (χ0n) is 12.2. The van der Waals surface area contributed by atoms with Crippen LogP contribution in [0.1, 0.15) is 12.8 Å². The molecule has 1 aliphatic heterocycles. The number of fused-ring (bicyclic) bond motifs is 1. The Morgan fingerprint density at radius 1 is 1.57 bits per heavy atom. The van der Waals surface area contributed by atoms with Gasteiger partial charge in [0.1, 0.15) is 11.3 Å². The molecular weight excluding hydrogens is 269 g/mol. The Morgan fingerprint density at radius 3 is 3.14 bits per heavy atom. The van der Waals surface area contributed by atoms with Crippen molar-refractivity contribution in [2.75, 3.05) is 30.8 Å². The maximum absolute atomic E-state index is 11.8. The average Bonchev–Trinajstić information content (AvgIpc) is 2.85. The van der Waals surface area contributed by atoms with Crippen LogP contribution in [0, 0.1) is 5.92 Å². The van der Waals surface area contributed by atoms with E-state index in [0.717, 1.165) is 36.4 Å². The van der Waals surface area contributed by atoms with Crippen molar-refractivity contribution in [2.24, 2.45) is 5.92 Å². The third-order valence-electron chi connectivity index (χ3n) is 3.98. The van der Waals surface area contributed by atoms with Gasteiger partial charge in [0.15, 0.2) is 7.85 Å². The Bertz CT molecular complexity index is 686. The van der Waals surface area contributed by atoms with Gasteiger partial charge in [0.25, 0.3) is 0 Å². The number of nitrogen functional groups attached to an aromatic ring is 1. The second-order valence-corrected chi connectivity index (χ2v) is 5.34. The Balaban J connectivity index is 1.97. The van der Waals surface area contributed by atoms with E-state index in [9.17, 15) is 4.79 Å². The van der Waals surface area contributed by atoms with Gasteiger partial charge in [-0.1, -0.05) is 0 Å². The van der Waals surface area contributed by atoms with Gasteiger partial charge in [-0.05, 0) is 12.8 Å². The van der Waals surface area contributed by atoms with Crippen molar-refractivity contribution >= 4 is 36.7 Å². The molecule has 110 valence electrons. The van der Waals surface area contributed by atoms with E-state index in [0.29, 0.717) is 12.4 Å². The number of methoxy groups -OCH3 is 1. The number of nitrogens with zero attached hydrogens (tertiary/aromatic N) is 4. The van der Waals surface area contributed by atoms with Crippen LogP contribution < -0.4 is 16.2 Å². The molecule has 2 aromatic heterocycles. The van der Waals surface area contributed by atoms with Crippen LogP contribution in [-0.2, 0) is 9.53 Å². The minimum Gasteiger partial charge on any atom is -0.469 e. The summed E-state index contributed by atoms with van der Waals surface area (Å²) >= 11 is 0. The number of carbonyl (C=O) groups is 1. The minimum absolute atomic E-state index is 0.101. The van der Waals surface area contributed by atoms with Gasteiger partial charge in [-0.2, -0.15) is 0 Å². The maximum Gasteiger partial charge on any atom is 0.310 e. The molecule has 7 nitrogen and oxygen atoms in total. The van der Waals surface area contributed by atoms with Crippen LogP contribution in [0.2, 0.25) is 0 Å². The van der Waals surface area contributed by atoms with E-state index in [1.165, 1.54) is 7.11 Å². The number of aromatic nitrogens is 3. The summed E-state index contributed by atoms with van der Waals surface area (Å²) in [7, 11) is 3.35. The molecule has 21 heavy (non-hydrogen) atoms. The van der Waals surface area contributed by atoms with E-state index < -0.39 is 0 Å². The van der Waals surface area contributed by atoms with Crippen molar-refractivity contribution in [3.63, 3.8) is 0 Å². The van der Waals surface area contributed by atoms with E-state index in [2.05, 4.69) is 14.9 Å². The molecule has 0 spiro atoms. The molecule has 0 amide bonds. The molecule has 0 aliphatic carbocycles. The molecule has 1 atom stereocenters. The van der Waals surface area contributed by atoms with Gasteiger partial charge < -0.3 is 15.4 Å². The van der Waals surface area contributed by atoms with Gasteiger partial charge in [-0.15, -0.1) is 0 Å². The molecule has 0 saturated carbocycles. The van der Waals surface area contributed by atoms with Gasteiger partial charge in [0.2, 0.25) is 5.95 Å². The van der Waals surface area contributed by atoms with Crippen LogP contribution in [0.25, 0.3) is 5.52 Å². The highest BCUT2D eigenvalue weighted by molar-refractivity contribution is 6.36. The number of carbonyl (C=O) groups excluding carboxylic acids is 1. The highest BCUT2D eigenvalue weighted by Crippen LogP contribution is 2.24. The molecule has 1 fully saturated rings. The zero-order valence-corrected chi connectivity index (χ0v) is 12.2. The number of hydrogen-bond acceptors (Lipinski definition) is 6. The Morgan fingerprint density at radius 2 is 2.38 bits per heavy atom. The van der Waals surface area contributed by atoms with E-state index in [1.807, 2.05) is 18.4 Å². The van der Waals surface area contributed by atoms with Gasteiger partial charge in [0.05, 0.1) is 13.0 Å². The quantitative estimate of drug-likeness (QED) is 0.561. The first kappa shape index (κ1) is 13.7. The lowest BCUT2D eigenvalue weighted by atomic mass is 9.98. The predicted octanol–water partition coefficient (Wildman–Crippen LogP) is -1.04. The standard InChI is InChI=1S/C13H18BN5O2/c1-21-12(20)8-3-2-5-18(7-8)13-17-10(14)9-11(15)16-4-6-19(9)13/h4,6,8H,2-3,5,7,14H2,1H3,(H2,15,16). The van der Waals surface area contributed by atoms with E-state index in [-0.39, 0.29) is 11.9 Å². The average molecular weight is 287 g/mol. The number of nitrogens with two attached hydrogens (primary N) is 1. The fourth-order valence-electron chi connectivity index (χ4n) is 2.96. The zero-order chi connectivity index (χ0) is 15.0. The monoisotopic (exact) mass is 287 g/mol. The third-order valence-corrected chi connectivity index (χ3v) is 3.98. The molecule has 0 bridgehead atoms. The molecule has 1 saturated heterocycles. The number of hydrogen-bond donors (Lipinski definition) is 1.